The average Bonchev–Trinajstić information content (AvgIpc) is 2.45. The van der Waals surface area contributed by atoms with Gasteiger partial charge in [-0.2, -0.15) is 0 Å². The maximum Gasteiger partial charge on any atom is 0.119 e. The number of aryl methyl sites for hydroxylation is 1. The highest BCUT2D eigenvalue weighted by Gasteiger charge is 2.22. The van der Waals surface area contributed by atoms with Gasteiger partial charge in [-0.15, -0.1) is 0 Å². The summed E-state index contributed by atoms with van der Waals surface area (Å²) in [5.74, 6) is 0.978. The smallest absolute Gasteiger partial charge is 0.119 e. The van der Waals surface area contributed by atoms with Crippen molar-refractivity contribution in [1.82, 2.24) is 4.90 Å². The molecule has 2 rings (SSSR count). The van der Waals surface area contributed by atoms with Gasteiger partial charge in [0.2, 0.25) is 0 Å². The molecular formula is C17H28N2O. The molecule has 0 aromatic heterocycles. The van der Waals surface area contributed by atoms with Crippen molar-refractivity contribution in [2.24, 2.45) is 5.73 Å². The van der Waals surface area contributed by atoms with Gasteiger partial charge < -0.3 is 10.5 Å². The van der Waals surface area contributed by atoms with Gasteiger partial charge in [-0.1, -0.05) is 19.1 Å². The molecular weight excluding hydrogens is 248 g/mol. The summed E-state index contributed by atoms with van der Waals surface area (Å²) in [5.41, 5.74) is 7.23. The van der Waals surface area contributed by atoms with Crippen LogP contribution in [0.3, 0.4) is 0 Å². The first-order chi connectivity index (χ1) is 9.69. The van der Waals surface area contributed by atoms with Crippen LogP contribution < -0.4 is 10.5 Å². The Morgan fingerprint density at radius 2 is 2.00 bits per heavy atom. The molecule has 1 saturated carbocycles. The third-order valence-corrected chi connectivity index (χ3v) is 4.30. The molecule has 2 N–H and O–H groups in total. The Hall–Kier alpha value is -1.06. The predicted octanol–water partition coefficient (Wildman–Crippen LogP) is 2.97. The Morgan fingerprint density at radius 1 is 1.25 bits per heavy atom. The van der Waals surface area contributed by atoms with Gasteiger partial charge in [0.05, 0.1) is 0 Å². The van der Waals surface area contributed by atoms with Crippen LogP contribution in [0.15, 0.2) is 24.3 Å². The van der Waals surface area contributed by atoms with E-state index >= 15 is 0 Å². The van der Waals surface area contributed by atoms with Crippen molar-refractivity contribution in [2.45, 2.75) is 51.6 Å². The predicted molar refractivity (Wildman–Crippen MR) is 84.2 cm³/mol. The van der Waals surface area contributed by atoms with Gasteiger partial charge in [0.1, 0.15) is 12.4 Å². The van der Waals surface area contributed by atoms with E-state index < -0.39 is 0 Å². The SMILES string of the molecule is CCN(CCOc1cccc(C)c1)C1CCC(N)CC1. The molecule has 1 aliphatic rings. The highest BCUT2D eigenvalue weighted by molar-refractivity contribution is 5.27. The highest BCUT2D eigenvalue weighted by atomic mass is 16.5. The van der Waals surface area contributed by atoms with E-state index in [9.17, 15) is 0 Å². The van der Waals surface area contributed by atoms with Gasteiger partial charge in [0, 0.05) is 18.6 Å². The summed E-state index contributed by atoms with van der Waals surface area (Å²) in [6.07, 6.45) is 4.80. The van der Waals surface area contributed by atoms with Crippen LogP contribution in [0.5, 0.6) is 5.75 Å². The van der Waals surface area contributed by atoms with E-state index in [2.05, 4.69) is 30.9 Å². The van der Waals surface area contributed by atoms with Crippen LogP contribution in [0.25, 0.3) is 0 Å². The average molecular weight is 276 g/mol. The van der Waals surface area contributed by atoms with Crippen LogP contribution in [-0.4, -0.2) is 36.7 Å². The van der Waals surface area contributed by atoms with Crippen LogP contribution >= 0.6 is 0 Å². The molecule has 1 fully saturated rings. The number of hydrogen-bond donors (Lipinski definition) is 1. The van der Waals surface area contributed by atoms with Crippen molar-refractivity contribution < 1.29 is 4.74 Å². The second-order valence-electron chi connectivity index (χ2n) is 5.86. The van der Waals surface area contributed by atoms with Gasteiger partial charge in [-0.05, 0) is 56.8 Å². The Labute approximate surface area is 123 Å². The molecule has 0 radical (unpaired) electrons. The van der Waals surface area contributed by atoms with Crippen molar-refractivity contribution in [1.29, 1.82) is 0 Å². The van der Waals surface area contributed by atoms with E-state index in [1.165, 1.54) is 31.2 Å². The number of ether oxygens (including phenoxy) is 1. The topological polar surface area (TPSA) is 38.5 Å². The van der Waals surface area contributed by atoms with Gasteiger partial charge in [0.25, 0.3) is 0 Å². The van der Waals surface area contributed by atoms with Crippen molar-refractivity contribution in [3.63, 3.8) is 0 Å². The highest BCUT2D eigenvalue weighted by Crippen LogP contribution is 2.22. The number of nitrogens with zero attached hydrogens (tertiary/aromatic N) is 1. The zero-order valence-corrected chi connectivity index (χ0v) is 12.8. The van der Waals surface area contributed by atoms with E-state index in [4.69, 9.17) is 10.5 Å². The quantitative estimate of drug-likeness (QED) is 0.868. The Bertz CT molecular complexity index is 400. The maximum atomic E-state index is 5.99. The number of benzene rings is 1. The largest absolute Gasteiger partial charge is 0.492 e. The summed E-state index contributed by atoms with van der Waals surface area (Å²) in [6.45, 7) is 7.19. The number of likely N-dealkylation sites (N-methyl/N-ethyl adjacent to an activating group) is 1. The molecule has 0 spiro atoms. The minimum Gasteiger partial charge on any atom is -0.492 e. The van der Waals surface area contributed by atoms with E-state index in [1.54, 1.807) is 0 Å². The van der Waals surface area contributed by atoms with E-state index in [1.807, 2.05) is 12.1 Å². The molecule has 0 aliphatic heterocycles. The first kappa shape index (κ1) is 15.3. The third kappa shape index (κ3) is 4.50. The zero-order chi connectivity index (χ0) is 14.4. The molecule has 1 aromatic rings. The number of rotatable bonds is 6. The molecule has 1 aromatic carbocycles. The fourth-order valence-electron chi connectivity index (χ4n) is 3.05. The molecule has 0 heterocycles. The van der Waals surface area contributed by atoms with Gasteiger partial charge in [-0.3, -0.25) is 4.90 Å². The van der Waals surface area contributed by atoms with Crippen LogP contribution in [0.2, 0.25) is 0 Å². The van der Waals surface area contributed by atoms with Gasteiger partial charge in [0.15, 0.2) is 0 Å². The molecule has 0 amide bonds. The van der Waals surface area contributed by atoms with Crippen molar-refractivity contribution in [2.75, 3.05) is 19.7 Å². The summed E-state index contributed by atoms with van der Waals surface area (Å²) in [5, 5.41) is 0. The molecule has 1 aliphatic carbocycles. The second kappa shape index (κ2) is 7.65. The molecule has 3 nitrogen and oxygen atoms in total. The Morgan fingerprint density at radius 3 is 2.65 bits per heavy atom. The Kier molecular flexibility index (Phi) is 5.86. The monoisotopic (exact) mass is 276 g/mol. The van der Waals surface area contributed by atoms with Crippen LogP contribution in [0.4, 0.5) is 0 Å². The summed E-state index contributed by atoms with van der Waals surface area (Å²) < 4.78 is 5.86. The van der Waals surface area contributed by atoms with Crippen molar-refractivity contribution >= 4 is 0 Å². The molecule has 3 heteroatoms. The van der Waals surface area contributed by atoms with Gasteiger partial charge >= 0.3 is 0 Å². The molecule has 20 heavy (non-hydrogen) atoms. The van der Waals surface area contributed by atoms with Crippen molar-refractivity contribution in [3.05, 3.63) is 29.8 Å². The van der Waals surface area contributed by atoms with Crippen LogP contribution in [-0.2, 0) is 0 Å². The van der Waals surface area contributed by atoms with E-state index in [0.29, 0.717) is 12.1 Å². The first-order valence-corrected chi connectivity index (χ1v) is 7.88. The normalized spacial score (nSPS) is 23.0. The second-order valence-corrected chi connectivity index (χ2v) is 5.86. The van der Waals surface area contributed by atoms with Crippen molar-refractivity contribution in [3.8, 4) is 5.75 Å². The molecule has 0 saturated heterocycles. The summed E-state index contributed by atoms with van der Waals surface area (Å²) in [4.78, 5) is 2.54. The summed E-state index contributed by atoms with van der Waals surface area (Å²) in [6, 6.07) is 9.38. The fourth-order valence-corrected chi connectivity index (χ4v) is 3.05. The standard InChI is InChI=1S/C17H28N2O/c1-3-19(16-9-7-15(18)8-10-16)11-12-20-17-6-4-5-14(2)13-17/h4-6,13,15-16H,3,7-12,18H2,1-2H3. The number of nitrogens with two attached hydrogens (primary N) is 1. The van der Waals surface area contributed by atoms with Crippen LogP contribution in [0.1, 0.15) is 38.2 Å². The van der Waals surface area contributed by atoms with E-state index in [0.717, 1.165) is 25.4 Å². The lowest BCUT2D eigenvalue weighted by molar-refractivity contribution is 0.132. The minimum atomic E-state index is 0.425. The first-order valence-electron chi connectivity index (χ1n) is 7.88. The van der Waals surface area contributed by atoms with E-state index in [-0.39, 0.29) is 0 Å². The molecule has 0 bridgehead atoms. The van der Waals surface area contributed by atoms with Gasteiger partial charge in [-0.25, -0.2) is 0 Å². The lowest BCUT2D eigenvalue weighted by Gasteiger charge is -2.35. The molecule has 0 atom stereocenters. The summed E-state index contributed by atoms with van der Waals surface area (Å²) >= 11 is 0. The Balaban J connectivity index is 1.76. The third-order valence-electron chi connectivity index (χ3n) is 4.30. The lowest BCUT2D eigenvalue weighted by Crippen LogP contribution is -2.42. The minimum absolute atomic E-state index is 0.425. The molecule has 0 unspecified atom stereocenters. The molecule has 112 valence electrons. The van der Waals surface area contributed by atoms with Crippen LogP contribution in [0, 0.1) is 6.92 Å². The zero-order valence-electron chi connectivity index (χ0n) is 12.8. The number of hydrogen-bond acceptors (Lipinski definition) is 3. The summed E-state index contributed by atoms with van der Waals surface area (Å²) in [7, 11) is 0. The fraction of sp³-hybridized carbons (Fsp3) is 0.647. The maximum absolute atomic E-state index is 5.99. The lowest BCUT2D eigenvalue weighted by atomic mass is 9.91.